The minimum atomic E-state index is -0.464. The quantitative estimate of drug-likeness (QED) is 0.326. The Bertz CT molecular complexity index is 1420. The van der Waals surface area contributed by atoms with E-state index in [0.29, 0.717) is 29.2 Å². The number of carbonyl (C=O) groups is 3. The van der Waals surface area contributed by atoms with Crippen LogP contribution in [-0.4, -0.2) is 77.8 Å². The first-order valence-electron chi connectivity index (χ1n) is 14.3. The van der Waals surface area contributed by atoms with Crippen molar-refractivity contribution in [2.24, 2.45) is 5.92 Å². The Hall–Kier alpha value is -4.31. The average Bonchev–Trinajstić information content (AvgIpc) is 2.99. The van der Waals surface area contributed by atoms with Crippen molar-refractivity contribution in [3.63, 3.8) is 0 Å². The number of fused-ring (bicyclic) bond motifs is 2. The zero-order chi connectivity index (χ0) is 30.4. The lowest BCUT2D eigenvalue weighted by Crippen LogP contribution is -2.48. The topological polar surface area (TPSA) is 123 Å². The number of ether oxygens (including phenoxy) is 1. The third-order valence-electron chi connectivity index (χ3n) is 7.43. The van der Waals surface area contributed by atoms with Gasteiger partial charge < -0.3 is 35.6 Å². The van der Waals surface area contributed by atoms with Crippen LogP contribution in [0.3, 0.4) is 0 Å². The van der Waals surface area contributed by atoms with Gasteiger partial charge >= 0.3 is 12.1 Å². The monoisotopic (exact) mass is 575 g/mol. The molecule has 0 saturated carbocycles. The van der Waals surface area contributed by atoms with Gasteiger partial charge in [-0.05, 0) is 50.4 Å². The lowest BCUT2D eigenvalue weighted by atomic mass is 10.0. The van der Waals surface area contributed by atoms with E-state index in [1.165, 1.54) is 0 Å². The summed E-state index contributed by atoms with van der Waals surface area (Å²) >= 11 is 0. The molecule has 0 unspecified atom stereocenters. The number of aliphatic hydroxyl groups is 1. The first-order chi connectivity index (χ1) is 20.0. The van der Waals surface area contributed by atoms with Crippen molar-refractivity contribution in [3.05, 3.63) is 66.2 Å². The van der Waals surface area contributed by atoms with Gasteiger partial charge in [-0.3, -0.25) is 4.79 Å². The fourth-order valence-corrected chi connectivity index (χ4v) is 5.05. The minimum Gasteiger partial charge on any atom is -0.488 e. The van der Waals surface area contributed by atoms with E-state index < -0.39 is 12.1 Å². The van der Waals surface area contributed by atoms with Crippen molar-refractivity contribution in [2.45, 2.75) is 52.3 Å². The van der Waals surface area contributed by atoms with E-state index in [-0.39, 0.29) is 49.5 Å². The molecule has 3 aromatic rings. The van der Waals surface area contributed by atoms with E-state index in [1.807, 2.05) is 63.2 Å². The van der Waals surface area contributed by atoms with Crippen LogP contribution in [0.15, 0.2) is 60.7 Å². The van der Waals surface area contributed by atoms with E-state index >= 15 is 0 Å². The molecule has 0 aliphatic carbocycles. The number of likely N-dealkylation sites (N-methyl/N-ethyl adjacent to an activating group) is 1. The van der Waals surface area contributed by atoms with Crippen LogP contribution in [0.5, 0.6) is 5.75 Å². The van der Waals surface area contributed by atoms with Gasteiger partial charge in [-0.25, -0.2) is 9.59 Å². The molecule has 0 spiro atoms. The molecule has 0 saturated heterocycles. The van der Waals surface area contributed by atoms with Gasteiger partial charge in [0.2, 0.25) is 5.91 Å². The van der Waals surface area contributed by atoms with E-state index in [9.17, 15) is 19.5 Å². The highest BCUT2D eigenvalue weighted by Crippen LogP contribution is 2.29. The summed E-state index contributed by atoms with van der Waals surface area (Å²) < 4.78 is 6.51. The molecular weight excluding hydrogens is 534 g/mol. The molecule has 3 atom stereocenters. The SMILES string of the molecule is CC(C)NC(=O)Nc1ccc2c(c1)CC(=O)N([C@@H](C)CO)C[C@@H](C)[C@@H](CN(C)C(=O)Nc1cccc3ccccc13)O2. The molecule has 42 heavy (non-hydrogen) atoms. The van der Waals surface area contributed by atoms with E-state index in [2.05, 4.69) is 16.0 Å². The molecular formula is C32H41N5O5. The summed E-state index contributed by atoms with van der Waals surface area (Å²) in [5.41, 5.74) is 1.86. The number of benzene rings is 3. The van der Waals surface area contributed by atoms with Crippen molar-refractivity contribution in [2.75, 3.05) is 37.4 Å². The van der Waals surface area contributed by atoms with Gasteiger partial charge in [0, 0.05) is 42.2 Å². The van der Waals surface area contributed by atoms with Crippen LogP contribution >= 0.6 is 0 Å². The summed E-state index contributed by atoms with van der Waals surface area (Å²) in [4.78, 5) is 42.3. The fourth-order valence-electron chi connectivity index (χ4n) is 5.05. The predicted molar refractivity (Wildman–Crippen MR) is 165 cm³/mol. The zero-order valence-electron chi connectivity index (χ0n) is 24.9. The second-order valence-electron chi connectivity index (χ2n) is 11.3. The number of amides is 5. The summed E-state index contributed by atoms with van der Waals surface area (Å²) in [6.07, 6.45) is -0.424. The number of nitrogens with zero attached hydrogens (tertiary/aromatic N) is 2. The van der Waals surface area contributed by atoms with Gasteiger partial charge in [-0.1, -0.05) is 43.3 Å². The van der Waals surface area contributed by atoms with Crippen molar-refractivity contribution in [1.82, 2.24) is 15.1 Å². The van der Waals surface area contributed by atoms with Crippen molar-refractivity contribution >= 4 is 40.1 Å². The molecule has 10 nitrogen and oxygen atoms in total. The lowest BCUT2D eigenvalue weighted by Gasteiger charge is -2.34. The minimum absolute atomic E-state index is 0.0339. The van der Waals surface area contributed by atoms with Crippen LogP contribution in [0.1, 0.15) is 33.3 Å². The maximum Gasteiger partial charge on any atom is 0.321 e. The summed E-state index contributed by atoms with van der Waals surface area (Å²) in [7, 11) is 1.71. The molecule has 1 heterocycles. The second kappa shape index (κ2) is 13.6. The Balaban J connectivity index is 1.58. The molecule has 1 aliphatic rings. The third-order valence-corrected chi connectivity index (χ3v) is 7.43. The molecule has 10 heteroatoms. The molecule has 0 fully saturated rings. The van der Waals surface area contributed by atoms with Gasteiger partial charge in [0.1, 0.15) is 11.9 Å². The van der Waals surface area contributed by atoms with Crippen LogP contribution < -0.4 is 20.7 Å². The molecule has 4 N–H and O–H groups in total. The van der Waals surface area contributed by atoms with Crippen LogP contribution in [0.4, 0.5) is 21.0 Å². The molecule has 0 bridgehead atoms. The predicted octanol–water partition coefficient (Wildman–Crippen LogP) is 4.68. The zero-order valence-corrected chi connectivity index (χ0v) is 24.9. The lowest BCUT2D eigenvalue weighted by molar-refractivity contribution is -0.134. The van der Waals surface area contributed by atoms with Gasteiger partial charge in [0.15, 0.2) is 0 Å². The van der Waals surface area contributed by atoms with Gasteiger partial charge in [-0.15, -0.1) is 0 Å². The molecule has 4 rings (SSSR count). The number of rotatable bonds is 7. The maximum atomic E-state index is 13.4. The van der Waals surface area contributed by atoms with Crippen LogP contribution in [-0.2, 0) is 11.2 Å². The van der Waals surface area contributed by atoms with E-state index in [1.54, 1.807) is 42.0 Å². The Morgan fingerprint density at radius 3 is 2.55 bits per heavy atom. The summed E-state index contributed by atoms with van der Waals surface area (Å²) in [6.45, 7) is 7.94. The van der Waals surface area contributed by atoms with Gasteiger partial charge in [0.05, 0.1) is 31.3 Å². The summed E-state index contributed by atoms with van der Waals surface area (Å²) in [6, 6.07) is 17.8. The Kier molecular flexibility index (Phi) is 9.90. The number of hydrogen-bond acceptors (Lipinski definition) is 5. The Labute approximate surface area is 247 Å². The first kappa shape index (κ1) is 30.6. The number of nitrogens with one attached hydrogen (secondary N) is 3. The van der Waals surface area contributed by atoms with Gasteiger partial charge in [0.25, 0.3) is 0 Å². The average molecular weight is 576 g/mol. The number of urea groups is 2. The highest BCUT2D eigenvalue weighted by molar-refractivity contribution is 6.01. The standard InChI is InChI=1S/C32H41N5O5/c1-20(2)33-31(40)34-25-13-14-28-24(15-25)16-30(39)37(22(4)19-38)17-21(3)29(42-28)18-36(5)32(41)35-27-12-8-10-23-9-6-7-11-26(23)27/h6-15,20-22,29,38H,16-19H2,1-5H3,(H,35,41)(H2,33,34,40)/t21-,22+,29-/m1/s1. The van der Waals surface area contributed by atoms with Crippen molar-refractivity contribution in [3.8, 4) is 5.75 Å². The molecule has 1 aliphatic heterocycles. The molecule has 0 radical (unpaired) electrons. The van der Waals surface area contributed by atoms with E-state index in [4.69, 9.17) is 4.74 Å². The molecule has 0 aromatic heterocycles. The smallest absolute Gasteiger partial charge is 0.321 e. The number of aliphatic hydroxyl groups excluding tert-OH is 1. The fraction of sp³-hybridized carbons (Fsp3) is 0.406. The highest BCUT2D eigenvalue weighted by atomic mass is 16.5. The van der Waals surface area contributed by atoms with Gasteiger partial charge in [-0.2, -0.15) is 0 Å². The second-order valence-corrected chi connectivity index (χ2v) is 11.3. The first-order valence-corrected chi connectivity index (χ1v) is 14.3. The van der Waals surface area contributed by atoms with Crippen LogP contribution in [0.25, 0.3) is 10.8 Å². The van der Waals surface area contributed by atoms with Crippen molar-refractivity contribution < 1.29 is 24.2 Å². The van der Waals surface area contributed by atoms with E-state index in [0.717, 1.165) is 10.8 Å². The summed E-state index contributed by atoms with van der Waals surface area (Å²) in [5.74, 6) is 0.187. The number of carbonyl (C=O) groups excluding carboxylic acids is 3. The molecule has 224 valence electrons. The molecule has 3 aromatic carbocycles. The number of hydrogen-bond donors (Lipinski definition) is 4. The highest BCUT2D eigenvalue weighted by Gasteiger charge is 2.32. The largest absolute Gasteiger partial charge is 0.488 e. The normalized spacial score (nSPS) is 17.8. The van der Waals surface area contributed by atoms with Crippen LogP contribution in [0, 0.1) is 5.92 Å². The molecule has 5 amide bonds. The Morgan fingerprint density at radius 1 is 1.07 bits per heavy atom. The number of anilines is 2. The third kappa shape index (κ3) is 7.50. The maximum absolute atomic E-state index is 13.4. The Morgan fingerprint density at radius 2 is 1.81 bits per heavy atom. The summed E-state index contributed by atoms with van der Waals surface area (Å²) in [5, 5.41) is 20.5. The van der Waals surface area contributed by atoms with Crippen molar-refractivity contribution in [1.29, 1.82) is 0 Å². The van der Waals surface area contributed by atoms with Crippen LogP contribution in [0.2, 0.25) is 0 Å².